The van der Waals surface area contributed by atoms with Gasteiger partial charge in [0, 0.05) is 37.8 Å². The number of halogens is 2. The first-order valence-corrected chi connectivity index (χ1v) is 8.05. The van der Waals surface area contributed by atoms with E-state index in [4.69, 9.17) is 0 Å². The quantitative estimate of drug-likeness (QED) is 0.720. The van der Waals surface area contributed by atoms with Gasteiger partial charge in [-0.1, -0.05) is 0 Å². The normalized spacial score (nSPS) is 17.4. The molecule has 25 heavy (non-hydrogen) atoms. The zero-order chi connectivity index (χ0) is 17.6. The van der Waals surface area contributed by atoms with Crippen LogP contribution in [-0.4, -0.2) is 38.4 Å². The van der Waals surface area contributed by atoms with Crippen molar-refractivity contribution in [1.82, 2.24) is 19.4 Å². The Kier molecular flexibility index (Phi) is 3.71. The molecule has 1 saturated heterocycles. The van der Waals surface area contributed by atoms with E-state index in [2.05, 4.69) is 9.97 Å². The Labute approximate surface area is 142 Å². The van der Waals surface area contributed by atoms with Crippen LogP contribution in [0.5, 0.6) is 0 Å². The molecule has 1 amide bonds. The molecule has 3 aromatic rings. The van der Waals surface area contributed by atoms with Crippen molar-refractivity contribution in [1.29, 1.82) is 0 Å². The average molecular weight is 342 g/mol. The van der Waals surface area contributed by atoms with Crippen molar-refractivity contribution in [2.24, 2.45) is 7.05 Å². The number of carbonyl (C=O) groups excluding carboxylic acids is 1. The number of fused-ring (bicyclic) bond motifs is 1. The predicted octanol–water partition coefficient (Wildman–Crippen LogP) is 2.88. The summed E-state index contributed by atoms with van der Waals surface area (Å²) in [4.78, 5) is 23.0. The van der Waals surface area contributed by atoms with E-state index in [0.29, 0.717) is 13.1 Å². The van der Waals surface area contributed by atoms with Gasteiger partial charge in [0.2, 0.25) is 0 Å². The molecule has 1 aliphatic heterocycles. The Balaban J connectivity index is 1.57. The topological polar surface area (TPSA) is 51.0 Å². The van der Waals surface area contributed by atoms with Gasteiger partial charge < -0.3 is 9.47 Å². The van der Waals surface area contributed by atoms with E-state index < -0.39 is 11.6 Å². The number of hydrogen-bond donors (Lipinski definition) is 0. The number of nitrogens with zero attached hydrogens (tertiary/aromatic N) is 4. The molecule has 128 valence electrons. The molecule has 1 fully saturated rings. The Bertz CT molecular complexity index is 969. The van der Waals surface area contributed by atoms with Gasteiger partial charge >= 0.3 is 0 Å². The standard InChI is InChI=1S/C18H16F2N4O/c1-23-16-9-21-6-4-15(16)22-17(23)12-5-7-24(10-12)18(25)11-2-3-13(19)14(20)8-11/h2-4,6,8-9,12H,5,7,10H2,1H3. The molecule has 0 saturated carbocycles. The van der Waals surface area contributed by atoms with Crippen LogP contribution in [0.25, 0.3) is 11.0 Å². The summed E-state index contributed by atoms with van der Waals surface area (Å²) >= 11 is 0. The van der Waals surface area contributed by atoms with Crippen molar-refractivity contribution in [3.05, 3.63) is 59.7 Å². The van der Waals surface area contributed by atoms with E-state index >= 15 is 0 Å². The van der Waals surface area contributed by atoms with Gasteiger partial charge in [-0.2, -0.15) is 0 Å². The van der Waals surface area contributed by atoms with Gasteiger partial charge in [-0.05, 0) is 30.7 Å². The van der Waals surface area contributed by atoms with Crippen LogP contribution in [-0.2, 0) is 7.05 Å². The number of carbonyl (C=O) groups is 1. The molecular formula is C18H16F2N4O. The summed E-state index contributed by atoms with van der Waals surface area (Å²) in [5.41, 5.74) is 1.98. The Morgan fingerprint density at radius 1 is 1.24 bits per heavy atom. The second-order valence-electron chi connectivity index (χ2n) is 6.26. The SMILES string of the molecule is Cn1c(C2CCN(C(=O)c3ccc(F)c(F)c3)C2)nc2ccncc21. The minimum absolute atomic E-state index is 0.103. The van der Waals surface area contributed by atoms with Crippen molar-refractivity contribution in [2.75, 3.05) is 13.1 Å². The van der Waals surface area contributed by atoms with Crippen molar-refractivity contribution < 1.29 is 13.6 Å². The molecule has 3 heterocycles. The molecule has 0 N–H and O–H groups in total. The van der Waals surface area contributed by atoms with E-state index in [9.17, 15) is 13.6 Å². The zero-order valence-electron chi connectivity index (χ0n) is 13.6. The lowest BCUT2D eigenvalue weighted by atomic mass is 10.1. The van der Waals surface area contributed by atoms with E-state index in [-0.39, 0.29) is 17.4 Å². The van der Waals surface area contributed by atoms with Gasteiger partial charge in [0.25, 0.3) is 5.91 Å². The molecule has 4 rings (SSSR count). The first-order chi connectivity index (χ1) is 12.0. The Morgan fingerprint density at radius 3 is 2.84 bits per heavy atom. The highest BCUT2D eigenvalue weighted by molar-refractivity contribution is 5.94. The van der Waals surface area contributed by atoms with Gasteiger partial charge in [0.1, 0.15) is 5.82 Å². The van der Waals surface area contributed by atoms with Crippen LogP contribution >= 0.6 is 0 Å². The summed E-state index contributed by atoms with van der Waals surface area (Å²) in [7, 11) is 1.94. The predicted molar refractivity (Wildman–Crippen MR) is 88.1 cm³/mol. The largest absolute Gasteiger partial charge is 0.338 e. The number of hydrogen-bond acceptors (Lipinski definition) is 3. The maximum atomic E-state index is 13.4. The number of pyridine rings is 1. The van der Waals surface area contributed by atoms with Gasteiger partial charge in [-0.25, -0.2) is 13.8 Å². The summed E-state index contributed by atoms with van der Waals surface area (Å²) in [5, 5.41) is 0. The van der Waals surface area contributed by atoms with Crippen LogP contribution in [0.4, 0.5) is 8.78 Å². The Morgan fingerprint density at radius 2 is 2.08 bits per heavy atom. The van der Waals surface area contributed by atoms with E-state index in [1.807, 2.05) is 17.7 Å². The number of likely N-dealkylation sites (tertiary alicyclic amines) is 1. The first-order valence-electron chi connectivity index (χ1n) is 8.05. The summed E-state index contributed by atoms with van der Waals surface area (Å²) in [6, 6.07) is 5.10. The number of rotatable bonds is 2. The molecule has 0 aliphatic carbocycles. The van der Waals surface area contributed by atoms with Crippen molar-refractivity contribution in [2.45, 2.75) is 12.3 Å². The van der Waals surface area contributed by atoms with Gasteiger partial charge in [0.05, 0.1) is 17.2 Å². The van der Waals surface area contributed by atoms with Crippen LogP contribution < -0.4 is 0 Å². The van der Waals surface area contributed by atoms with E-state index in [1.165, 1.54) is 6.07 Å². The van der Waals surface area contributed by atoms with E-state index in [1.54, 1.807) is 17.3 Å². The lowest BCUT2D eigenvalue weighted by Gasteiger charge is -2.16. The molecule has 2 aromatic heterocycles. The van der Waals surface area contributed by atoms with Crippen molar-refractivity contribution >= 4 is 16.9 Å². The minimum atomic E-state index is -1.01. The fourth-order valence-corrected chi connectivity index (χ4v) is 3.39. The van der Waals surface area contributed by atoms with Crippen LogP contribution in [0, 0.1) is 11.6 Å². The molecule has 1 unspecified atom stereocenters. The number of benzene rings is 1. The molecular weight excluding hydrogens is 326 g/mol. The fourth-order valence-electron chi connectivity index (χ4n) is 3.39. The van der Waals surface area contributed by atoms with Crippen molar-refractivity contribution in [3.63, 3.8) is 0 Å². The van der Waals surface area contributed by atoms with Crippen LogP contribution in [0.1, 0.15) is 28.5 Å². The minimum Gasteiger partial charge on any atom is -0.338 e. The third kappa shape index (κ3) is 2.65. The Hall–Kier alpha value is -2.83. The summed E-state index contributed by atoms with van der Waals surface area (Å²) in [5.74, 6) is -1.24. The van der Waals surface area contributed by atoms with Gasteiger partial charge in [0.15, 0.2) is 11.6 Å². The second-order valence-corrected chi connectivity index (χ2v) is 6.26. The van der Waals surface area contributed by atoms with Crippen molar-refractivity contribution in [3.8, 4) is 0 Å². The number of aryl methyl sites for hydroxylation is 1. The number of imidazole rings is 1. The third-order valence-corrected chi connectivity index (χ3v) is 4.72. The first kappa shape index (κ1) is 15.7. The third-order valence-electron chi connectivity index (χ3n) is 4.72. The summed E-state index contributed by atoms with van der Waals surface area (Å²) < 4.78 is 28.4. The fraction of sp³-hybridized carbons (Fsp3) is 0.278. The molecule has 1 aliphatic rings. The summed E-state index contributed by atoms with van der Waals surface area (Å²) in [6.45, 7) is 1.06. The lowest BCUT2D eigenvalue weighted by molar-refractivity contribution is 0.0790. The molecule has 0 bridgehead atoms. The molecule has 0 radical (unpaired) electrons. The van der Waals surface area contributed by atoms with E-state index in [0.717, 1.165) is 35.4 Å². The highest BCUT2D eigenvalue weighted by Gasteiger charge is 2.31. The highest BCUT2D eigenvalue weighted by Crippen LogP contribution is 2.29. The zero-order valence-corrected chi connectivity index (χ0v) is 13.6. The van der Waals surface area contributed by atoms with Gasteiger partial charge in [-0.15, -0.1) is 0 Å². The average Bonchev–Trinajstić information content (AvgIpc) is 3.22. The lowest BCUT2D eigenvalue weighted by Crippen LogP contribution is -2.28. The second kappa shape index (κ2) is 5.91. The van der Waals surface area contributed by atoms with Crippen LogP contribution in [0.2, 0.25) is 0 Å². The van der Waals surface area contributed by atoms with Gasteiger partial charge in [-0.3, -0.25) is 9.78 Å². The smallest absolute Gasteiger partial charge is 0.253 e. The molecule has 7 heteroatoms. The molecule has 0 spiro atoms. The molecule has 1 atom stereocenters. The molecule has 5 nitrogen and oxygen atoms in total. The number of amides is 1. The number of aromatic nitrogens is 3. The maximum absolute atomic E-state index is 13.4. The maximum Gasteiger partial charge on any atom is 0.253 e. The summed E-state index contributed by atoms with van der Waals surface area (Å²) in [6.07, 6.45) is 4.25. The van der Waals surface area contributed by atoms with Crippen LogP contribution in [0.15, 0.2) is 36.7 Å². The monoisotopic (exact) mass is 342 g/mol. The van der Waals surface area contributed by atoms with Crippen LogP contribution in [0.3, 0.4) is 0 Å². The molecule has 1 aromatic carbocycles. The highest BCUT2D eigenvalue weighted by atomic mass is 19.2.